The molecule has 0 amide bonds. The van der Waals surface area contributed by atoms with Gasteiger partial charge < -0.3 is 4.74 Å². The van der Waals surface area contributed by atoms with Gasteiger partial charge in [0.05, 0.1) is 22.9 Å². The van der Waals surface area contributed by atoms with Crippen molar-refractivity contribution in [1.29, 1.82) is 0 Å². The summed E-state index contributed by atoms with van der Waals surface area (Å²) in [6.45, 7) is 2.13. The molecule has 1 fully saturated rings. The number of halogens is 1. The van der Waals surface area contributed by atoms with Crippen LogP contribution in [0.2, 0.25) is 5.02 Å². The van der Waals surface area contributed by atoms with Crippen LogP contribution in [0.4, 0.5) is 0 Å². The Balaban J connectivity index is 2.04. The van der Waals surface area contributed by atoms with E-state index in [0.717, 1.165) is 24.1 Å². The van der Waals surface area contributed by atoms with Crippen LogP contribution in [0.15, 0.2) is 30.5 Å². The van der Waals surface area contributed by atoms with Crippen LogP contribution in [-0.4, -0.2) is 22.5 Å². The summed E-state index contributed by atoms with van der Waals surface area (Å²) in [7, 11) is 0. The highest BCUT2D eigenvalue weighted by molar-refractivity contribution is 6.33. The molecule has 0 atom stereocenters. The highest BCUT2D eigenvalue weighted by Gasteiger charge is 2.31. The van der Waals surface area contributed by atoms with Gasteiger partial charge in [0.1, 0.15) is 0 Å². The minimum Gasteiger partial charge on any atom is -0.462 e. The van der Waals surface area contributed by atoms with Crippen LogP contribution in [0, 0.1) is 0 Å². The van der Waals surface area contributed by atoms with E-state index in [-0.39, 0.29) is 5.97 Å². The van der Waals surface area contributed by atoms with E-state index in [1.165, 1.54) is 0 Å². The zero-order valence-electron chi connectivity index (χ0n) is 11.7. The Labute approximate surface area is 128 Å². The van der Waals surface area contributed by atoms with Crippen LogP contribution < -0.4 is 0 Å². The van der Waals surface area contributed by atoms with E-state index in [1.807, 2.05) is 18.2 Å². The van der Waals surface area contributed by atoms with E-state index >= 15 is 0 Å². The maximum atomic E-state index is 12.0. The number of hydrogen-bond donors (Lipinski definition) is 0. The van der Waals surface area contributed by atoms with E-state index in [2.05, 4.69) is 9.97 Å². The van der Waals surface area contributed by atoms with Gasteiger partial charge in [-0.15, -0.1) is 0 Å². The van der Waals surface area contributed by atoms with Crippen LogP contribution in [0.25, 0.3) is 11.4 Å². The minimum atomic E-state index is -0.356. The number of nitrogens with zero attached hydrogens (tertiary/aromatic N) is 2. The van der Waals surface area contributed by atoms with E-state index in [0.29, 0.717) is 28.9 Å². The predicted molar refractivity (Wildman–Crippen MR) is 80.4 cm³/mol. The molecule has 1 aromatic heterocycles. The van der Waals surface area contributed by atoms with Crippen molar-refractivity contribution in [1.82, 2.24) is 9.97 Å². The lowest BCUT2D eigenvalue weighted by atomic mass is 10.1. The quantitative estimate of drug-likeness (QED) is 0.805. The third kappa shape index (κ3) is 2.90. The molecule has 1 saturated carbocycles. The van der Waals surface area contributed by atoms with Crippen LogP contribution in [0.3, 0.4) is 0 Å². The molecule has 21 heavy (non-hydrogen) atoms. The zero-order valence-corrected chi connectivity index (χ0v) is 12.4. The highest BCUT2D eigenvalue weighted by atomic mass is 35.5. The maximum Gasteiger partial charge on any atom is 0.341 e. The molecule has 0 saturated heterocycles. The van der Waals surface area contributed by atoms with E-state index in [1.54, 1.807) is 19.2 Å². The molecular weight excluding hydrogens is 288 g/mol. The average molecular weight is 303 g/mol. The van der Waals surface area contributed by atoms with Gasteiger partial charge in [-0.1, -0.05) is 23.7 Å². The second-order valence-corrected chi connectivity index (χ2v) is 5.37. The number of hydrogen-bond acceptors (Lipinski definition) is 4. The first-order chi connectivity index (χ1) is 10.2. The van der Waals surface area contributed by atoms with Gasteiger partial charge in [0.25, 0.3) is 0 Å². The molecule has 0 aliphatic heterocycles. The Kier molecular flexibility index (Phi) is 3.88. The summed E-state index contributed by atoms with van der Waals surface area (Å²) in [6, 6.07) is 7.43. The van der Waals surface area contributed by atoms with Gasteiger partial charge in [0.15, 0.2) is 5.82 Å². The number of ether oxygens (including phenoxy) is 1. The van der Waals surface area contributed by atoms with Crippen molar-refractivity contribution in [3.8, 4) is 11.4 Å². The molecule has 1 heterocycles. The topological polar surface area (TPSA) is 52.1 Å². The fourth-order valence-corrected chi connectivity index (χ4v) is 2.42. The SMILES string of the molecule is CCOC(=O)c1cnc(-c2ccccc2Cl)nc1C1CC1. The van der Waals surface area contributed by atoms with Gasteiger partial charge in [-0.25, -0.2) is 14.8 Å². The zero-order chi connectivity index (χ0) is 14.8. The molecule has 4 nitrogen and oxygen atoms in total. The average Bonchev–Trinajstić information content (AvgIpc) is 3.32. The van der Waals surface area contributed by atoms with Crippen molar-refractivity contribution in [3.05, 3.63) is 46.7 Å². The smallest absolute Gasteiger partial charge is 0.341 e. The van der Waals surface area contributed by atoms with Crippen LogP contribution in [0.1, 0.15) is 41.7 Å². The predicted octanol–water partition coefficient (Wildman–Crippen LogP) is 3.85. The Hall–Kier alpha value is -1.94. The first-order valence-electron chi connectivity index (χ1n) is 6.99. The number of benzene rings is 1. The van der Waals surface area contributed by atoms with E-state index in [9.17, 15) is 4.79 Å². The summed E-state index contributed by atoms with van der Waals surface area (Å²) < 4.78 is 5.07. The van der Waals surface area contributed by atoms with Crippen LogP contribution in [0.5, 0.6) is 0 Å². The first kappa shape index (κ1) is 14.0. The normalized spacial score (nSPS) is 14.0. The fraction of sp³-hybridized carbons (Fsp3) is 0.312. The Morgan fingerprint density at radius 3 is 2.81 bits per heavy atom. The van der Waals surface area contributed by atoms with Gasteiger partial charge in [0, 0.05) is 17.7 Å². The maximum absolute atomic E-state index is 12.0. The molecule has 1 aromatic carbocycles. The highest BCUT2D eigenvalue weighted by Crippen LogP contribution is 2.41. The van der Waals surface area contributed by atoms with Gasteiger partial charge in [0.2, 0.25) is 0 Å². The minimum absolute atomic E-state index is 0.327. The molecule has 3 rings (SSSR count). The largest absolute Gasteiger partial charge is 0.462 e. The fourth-order valence-electron chi connectivity index (χ4n) is 2.20. The summed E-state index contributed by atoms with van der Waals surface area (Å²) in [5.74, 6) is 0.523. The van der Waals surface area contributed by atoms with Crippen molar-refractivity contribution >= 4 is 17.6 Å². The van der Waals surface area contributed by atoms with Crippen molar-refractivity contribution < 1.29 is 9.53 Å². The number of carbonyl (C=O) groups excluding carboxylic acids is 1. The van der Waals surface area contributed by atoms with E-state index in [4.69, 9.17) is 16.3 Å². The monoisotopic (exact) mass is 302 g/mol. The van der Waals surface area contributed by atoms with Gasteiger partial charge in [-0.3, -0.25) is 0 Å². The molecule has 1 aliphatic carbocycles. The number of esters is 1. The molecule has 0 spiro atoms. The Bertz CT molecular complexity index is 684. The molecule has 5 heteroatoms. The second kappa shape index (κ2) is 5.82. The molecule has 0 radical (unpaired) electrons. The summed E-state index contributed by atoms with van der Waals surface area (Å²) >= 11 is 6.19. The molecule has 2 aromatic rings. The molecule has 0 unspecified atom stereocenters. The van der Waals surface area contributed by atoms with Gasteiger partial charge >= 0.3 is 5.97 Å². The van der Waals surface area contributed by atoms with Crippen LogP contribution in [-0.2, 0) is 4.74 Å². The summed E-state index contributed by atoms with van der Waals surface area (Å²) in [4.78, 5) is 20.8. The summed E-state index contributed by atoms with van der Waals surface area (Å²) in [5.41, 5.74) is 2.02. The standard InChI is InChI=1S/C16H15ClN2O2/c1-2-21-16(20)12-9-18-15(19-14(12)10-7-8-10)11-5-3-4-6-13(11)17/h3-6,9-10H,2,7-8H2,1H3. The molecule has 0 N–H and O–H groups in total. The lowest BCUT2D eigenvalue weighted by Crippen LogP contribution is -2.11. The summed E-state index contributed by atoms with van der Waals surface area (Å²) in [5, 5.41) is 0.600. The summed E-state index contributed by atoms with van der Waals surface area (Å²) in [6.07, 6.45) is 3.65. The van der Waals surface area contributed by atoms with Crippen molar-refractivity contribution in [2.75, 3.05) is 6.61 Å². The van der Waals surface area contributed by atoms with Crippen molar-refractivity contribution in [2.45, 2.75) is 25.7 Å². The number of carbonyl (C=O) groups is 1. The Morgan fingerprint density at radius 2 is 2.14 bits per heavy atom. The third-order valence-electron chi connectivity index (χ3n) is 3.39. The third-order valence-corrected chi connectivity index (χ3v) is 3.72. The van der Waals surface area contributed by atoms with Crippen molar-refractivity contribution in [3.63, 3.8) is 0 Å². The molecular formula is C16H15ClN2O2. The second-order valence-electron chi connectivity index (χ2n) is 4.97. The Morgan fingerprint density at radius 1 is 1.38 bits per heavy atom. The van der Waals surface area contributed by atoms with Crippen molar-refractivity contribution in [2.24, 2.45) is 0 Å². The number of aromatic nitrogens is 2. The number of rotatable bonds is 4. The molecule has 0 bridgehead atoms. The lowest BCUT2D eigenvalue weighted by Gasteiger charge is -2.09. The first-order valence-corrected chi connectivity index (χ1v) is 7.37. The van der Waals surface area contributed by atoms with E-state index < -0.39 is 0 Å². The lowest BCUT2D eigenvalue weighted by molar-refractivity contribution is 0.0524. The molecule has 1 aliphatic rings. The van der Waals surface area contributed by atoms with Gasteiger partial charge in [-0.2, -0.15) is 0 Å². The van der Waals surface area contributed by atoms with Crippen LogP contribution >= 0.6 is 11.6 Å². The molecule has 108 valence electrons. The van der Waals surface area contributed by atoms with Gasteiger partial charge in [-0.05, 0) is 31.9 Å².